The maximum Gasteiger partial charge on any atom is 0.228 e. The van der Waals surface area contributed by atoms with E-state index in [0.29, 0.717) is 17.5 Å². The van der Waals surface area contributed by atoms with Crippen LogP contribution in [0.5, 0.6) is 0 Å². The van der Waals surface area contributed by atoms with E-state index in [1.165, 1.54) is 22.5 Å². The molecule has 0 aliphatic carbocycles. The molecule has 7 nitrogen and oxygen atoms in total. The average molecular weight is 426 g/mol. The standard InChI is InChI=1S/C22H27N5O2S/c28-19-7-3-4-11-27(19)22-24-23-21(30-22)25-12-9-17(10-13-25)20(29)26-14-8-16-5-1-2-6-18(16)15-26/h1-2,5-6,17H,3-4,7-15H2. The van der Waals surface area contributed by atoms with E-state index in [1.54, 1.807) is 4.90 Å². The molecular formula is C22H27N5O2S. The number of amides is 2. The number of aromatic nitrogens is 2. The molecule has 0 bridgehead atoms. The minimum atomic E-state index is 0.0857. The Hall–Kier alpha value is -2.48. The zero-order chi connectivity index (χ0) is 20.5. The fraction of sp³-hybridized carbons (Fsp3) is 0.545. The molecular weight excluding hydrogens is 398 g/mol. The van der Waals surface area contributed by atoms with Crippen LogP contribution in [0.3, 0.4) is 0 Å². The van der Waals surface area contributed by atoms with Crippen molar-refractivity contribution in [3.63, 3.8) is 0 Å². The van der Waals surface area contributed by atoms with Crippen molar-refractivity contribution in [2.24, 2.45) is 5.92 Å². The van der Waals surface area contributed by atoms with Gasteiger partial charge in [-0.05, 0) is 43.2 Å². The van der Waals surface area contributed by atoms with Crippen LogP contribution in [0, 0.1) is 5.92 Å². The van der Waals surface area contributed by atoms with Crippen molar-refractivity contribution in [3.8, 4) is 0 Å². The number of piperidine rings is 2. The maximum atomic E-state index is 13.1. The Balaban J connectivity index is 1.18. The number of hydrogen-bond donors (Lipinski definition) is 0. The SMILES string of the molecule is O=C(C1CCN(c2nnc(N3CCCCC3=O)s2)CC1)N1CCc2ccccc2C1. The summed E-state index contributed by atoms with van der Waals surface area (Å²) in [6.07, 6.45) is 5.22. The molecule has 2 saturated heterocycles. The number of rotatable bonds is 3. The van der Waals surface area contributed by atoms with E-state index in [9.17, 15) is 9.59 Å². The number of anilines is 2. The first-order valence-electron chi connectivity index (χ1n) is 10.9. The van der Waals surface area contributed by atoms with Gasteiger partial charge in [-0.25, -0.2) is 0 Å². The van der Waals surface area contributed by atoms with Crippen LogP contribution >= 0.6 is 11.3 Å². The largest absolute Gasteiger partial charge is 0.347 e. The van der Waals surface area contributed by atoms with Gasteiger partial charge in [0.25, 0.3) is 0 Å². The van der Waals surface area contributed by atoms with E-state index < -0.39 is 0 Å². The highest BCUT2D eigenvalue weighted by Crippen LogP contribution is 2.32. The number of nitrogens with zero attached hydrogens (tertiary/aromatic N) is 5. The molecule has 2 aromatic rings. The van der Waals surface area contributed by atoms with Gasteiger partial charge in [0.2, 0.25) is 22.1 Å². The Morgan fingerprint density at radius 3 is 2.50 bits per heavy atom. The second-order valence-corrected chi connectivity index (χ2v) is 9.34. The average Bonchev–Trinajstić information content (AvgIpc) is 3.29. The Labute approximate surface area is 180 Å². The molecule has 2 fully saturated rings. The third-order valence-electron chi connectivity index (χ3n) is 6.52. The predicted molar refractivity (Wildman–Crippen MR) is 117 cm³/mol. The topological polar surface area (TPSA) is 69.6 Å². The maximum absolute atomic E-state index is 13.1. The normalized spacial score (nSPS) is 20.4. The van der Waals surface area contributed by atoms with E-state index in [-0.39, 0.29) is 11.8 Å². The van der Waals surface area contributed by atoms with Gasteiger partial charge in [0, 0.05) is 45.1 Å². The van der Waals surface area contributed by atoms with E-state index in [2.05, 4.69) is 39.4 Å². The molecule has 0 spiro atoms. The summed E-state index contributed by atoms with van der Waals surface area (Å²) in [5, 5.41) is 10.2. The van der Waals surface area contributed by atoms with Crippen LogP contribution in [0.2, 0.25) is 0 Å². The third kappa shape index (κ3) is 3.80. The Morgan fingerprint density at radius 2 is 1.70 bits per heavy atom. The van der Waals surface area contributed by atoms with E-state index in [0.717, 1.165) is 70.0 Å². The Bertz CT molecular complexity index is 937. The lowest BCUT2D eigenvalue weighted by Crippen LogP contribution is -2.44. The molecule has 1 aromatic carbocycles. The summed E-state index contributed by atoms with van der Waals surface area (Å²) in [6, 6.07) is 8.44. The highest BCUT2D eigenvalue weighted by molar-refractivity contribution is 7.19. The molecule has 1 aromatic heterocycles. The molecule has 3 aliphatic rings. The van der Waals surface area contributed by atoms with Crippen molar-refractivity contribution in [1.29, 1.82) is 0 Å². The van der Waals surface area contributed by atoms with Crippen LogP contribution in [0.4, 0.5) is 10.3 Å². The van der Waals surface area contributed by atoms with Gasteiger partial charge < -0.3 is 9.80 Å². The van der Waals surface area contributed by atoms with Crippen molar-refractivity contribution < 1.29 is 9.59 Å². The summed E-state index contributed by atoms with van der Waals surface area (Å²) in [5.74, 6) is 0.528. The zero-order valence-corrected chi connectivity index (χ0v) is 17.9. The van der Waals surface area contributed by atoms with Crippen molar-refractivity contribution in [1.82, 2.24) is 15.1 Å². The van der Waals surface area contributed by atoms with Gasteiger partial charge in [-0.2, -0.15) is 0 Å². The van der Waals surface area contributed by atoms with Gasteiger partial charge in [0.1, 0.15) is 0 Å². The van der Waals surface area contributed by atoms with E-state index in [4.69, 9.17) is 0 Å². The van der Waals surface area contributed by atoms with Gasteiger partial charge in [-0.15, -0.1) is 10.2 Å². The monoisotopic (exact) mass is 425 g/mol. The fourth-order valence-corrected chi connectivity index (χ4v) is 5.65. The number of benzene rings is 1. The first kappa shape index (κ1) is 19.5. The molecule has 0 atom stereocenters. The highest BCUT2D eigenvalue weighted by Gasteiger charge is 2.32. The molecule has 0 N–H and O–H groups in total. The summed E-state index contributed by atoms with van der Waals surface area (Å²) in [6.45, 7) is 3.91. The number of fused-ring (bicyclic) bond motifs is 1. The van der Waals surface area contributed by atoms with Gasteiger partial charge in [0.05, 0.1) is 0 Å². The highest BCUT2D eigenvalue weighted by atomic mass is 32.1. The van der Waals surface area contributed by atoms with Crippen LogP contribution in [0.15, 0.2) is 24.3 Å². The summed E-state index contributed by atoms with van der Waals surface area (Å²) in [4.78, 5) is 31.2. The lowest BCUT2D eigenvalue weighted by molar-refractivity contribution is -0.137. The van der Waals surface area contributed by atoms with Crippen LogP contribution in [0.1, 0.15) is 43.2 Å². The smallest absolute Gasteiger partial charge is 0.228 e. The van der Waals surface area contributed by atoms with Gasteiger partial charge in [-0.1, -0.05) is 35.6 Å². The number of carbonyl (C=O) groups is 2. The molecule has 0 saturated carbocycles. The van der Waals surface area contributed by atoms with Crippen molar-refractivity contribution in [3.05, 3.63) is 35.4 Å². The lowest BCUT2D eigenvalue weighted by Gasteiger charge is -2.36. The van der Waals surface area contributed by atoms with Crippen LogP contribution in [-0.2, 0) is 22.6 Å². The number of hydrogen-bond acceptors (Lipinski definition) is 6. The molecule has 0 radical (unpaired) electrons. The first-order valence-corrected chi connectivity index (χ1v) is 11.7. The molecule has 2 amide bonds. The van der Waals surface area contributed by atoms with Gasteiger partial charge in [0.15, 0.2) is 0 Å². The zero-order valence-electron chi connectivity index (χ0n) is 17.1. The minimum Gasteiger partial charge on any atom is -0.347 e. The summed E-state index contributed by atoms with van der Waals surface area (Å²) < 4.78 is 0. The van der Waals surface area contributed by atoms with Crippen molar-refractivity contribution >= 4 is 33.4 Å². The molecule has 8 heteroatoms. The van der Waals surface area contributed by atoms with Crippen LogP contribution in [-0.4, -0.2) is 53.1 Å². The molecule has 0 unspecified atom stereocenters. The van der Waals surface area contributed by atoms with E-state index >= 15 is 0 Å². The molecule has 158 valence electrons. The molecule has 3 aliphatic heterocycles. The first-order chi connectivity index (χ1) is 14.7. The summed E-state index contributed by atoms with van der Waals surface area (Å²) in [7, 11) is 0. The van der Waals surface area contributed by atoms with E-state index in [1.807, 2.05) is 4.90 Å². The lowest BCUT2D eigenvalue weighted by atomic mass is 9.93. The second kappa shape index (κ2) is 8.34. The summed E-state index contributed by atoms with van der Waals surface area (Å²) in [5.41, 5.74) is 2.65. The van der Waals surface area contributed by atoms with Crippen LogP contribution in [0.25, 0.3) is 0 Å². The minimum absolute atomic E-state index is 0.0857. The molecule has 5 rings (SSSR count). The van der Waals surface area contributed by atoms with Crippen molar-refractivity contribution in [2.75, 3.05) is 36.0 Å². The molecule has 30 heavy (non-hydrogen) atoms. The third-order valence-corrected chi connectivity index (χ3v) is 7.52. The second-order valence-electron chi connectivity index (χ2n) is 8.41. The quantitative estimate of drug-likeness (QED) is 0.756. The number of carbonyl (C=O) groups excluding carboxylic acids is 2. The van der Waals surface area contributed by atoms with Crippen molar-refractivity contribution in [2.45, 2.75) is 45.1 Å². The predicted octanol–water partition coefficient (Wildman–Crippen LogP) is 2.86. The summed E-state index contributed by atoms with van der Waals surface area (Å²) >= 11 is 1.49. The molecule has 4 heterocycles. The Morgan fingerprint density at radius 1 is 0.933 bits per heavy atom. The Kier molecular flexibility index (Phi) is 5.41. The van der Waals surface area contributed by atoms with Gasteiger partial charge in [-0.3, -0.25) is 14.5 Å². The fourth-order valence-electron chi connectivity index (χ4n) is 4.71. The van der Waals surface area contributed by atoms with Crippen LogP contribution < -0.4 is 9.80 Å². The van der Waals surface area contributed by atoms with Gasteiger partial charge >= 0.3 is 0 Å².